The summed E-state index contributed by atoms with van der Waals surface area (Å²) in [7, 11) is 0. The Bertz CT molecular complexity index is 217. The maximum Gasteiger partial charge on any atom is 0.306 e. The lowest BCUT2D eigenvalue weighted by Crippen LogP contribution is -2.33. The van der Waals surface area contributed by atoms with Gasteiger partial charge in [-0.15, -0.1) is 0 Å². The van der Waals surface area contributed by atoms with Crippen LogP contribution in [-0.2, 0) is 9.53 Å². The van der Waals surface area contributed by atoms with Crippen LogP contribution in [0.1, 0.15) is 61.3 Å². The Hall–Kier alpha value is -0.530. The Morgan fingerprint density at radius 2 is 1.62 bits per heavy atom. The van der Waals surface area contributed by atoms with E-state index in [4.69, 9.17) is 4.74 Å². The summed E-state index contributed by atoms with van der Waals surface area (Å²) in [6.45, 7) is 14.7. The van der Waals surface area contributed by atoms with E-state index < -0.39 is 0 Å². The van der Waals surface area contributed by atoms with Gasteiger partial charge < -0.3 is 4.74 Å². The highest BCUT2D eigenvalue weighted by Gasteiger charge is 2.26. The quantitative estimate of drug-likeness (QED) is 0.641. The topological polar surface area (TPSA) is 26.3 Å². The first-order chi connectivity index (χ1) is 7.16. The van der Waals surface area contributed by atoms with Crippen molar-refractivity contribution < 1.29 is 9.53 Å². The lowest BCUT2D eigenvalue weighted by Gasteiger charge is -2.29. The van der Waals surface area contributed by atoms with Crippen LogP contribution in [0.3, 0.4) is 0 Å². The zero-order valence-corrected chi connectivity index (χ0v) is 12.0. The molecule has 0 fully saturated rings. The van der Waals surface area contributed by atoms with Gasteiger partial charge in [0.15, 0.2) is 0 Å². The number of esters is 1. The molecule has 1 atom stereocenters. The van der Waals surface area contributed by atoms with Crippen molar-refractivity contribution in [3.63, 3.8) is 0 Å². The van der Waals surface area contributed by atoms with E-state index in [0.29, 0.717) is 24.2 Å². The average molecular weight is 228 g/mol. The second kappa shape index (κ2) is 6.27. The van der Waals surface area contributed by atoms with Gasteiger partial charge in [0.2, 0.25) is 0 Å². The van der Waals surface area contributed by atoms with Crippen molar-refractivity contribution in [2.24, 2.45) is 17.8 Å². The molecule has 96 valence electrons. The van der Waals surface area contributed by atoms with Gasteiger partial charge in [0.1, 0.15) is 5.60 Å². The second-order valence-corrected chi connectivity index (χ2v) is 5.99. The lowest BCUT2D eigenvalue weighted by molar-refractivity contribution is -0.160. The molecule has 0 amide bonds. The molecular formula is C14H28O2. The molecular weight excluding hydrogens is 200 g/mol. The fourth-order valence-electron chi connectivity index (χ4n) is 1.14. The van der Waals surface area contributed by atoms with E-state index in [1.54, 1.807) is 0 Å². The molecule has 0 aromatic carbocycles. The highest BCUT2D eigenvalue weighted by molar-refractivity contribution is 5.69. The number of hydrogen-bond donors (Lipinski definition) is 0. The maximum atomic E-state index is 11.7. The van der Waals surface area contributed by atoms with Gasteiger partial charge in [-0.05, 0) is 38.0 Å². The Morgan fingerprint density at radius 1 is 1.12 bits per heavy atom. The highest BCUT2D eigenvalue weighted by Crippen LogP contribution is 2.22. The monoisotopic (exact) mass is 228 g/mol. The summed E-state index contributed by atoms with van der Waals surface area (Å²) in [4.78, 5) is 11.7. The van der Waals surface area contributed by atoms with Crippen molar-refractivity contribution in [3.05, 3.63) is 0 Å². The smallest absolute Gasteiger partial charge is 0.306 e. The molecule has 0 rings (SSSR count). The summed E-state index contributed by atoms with van der Waals surface area (Å²) in [5, 5.41) is 0. The first-order valence-corrected chi connectivity index (χ1v) is 6.38. The molecule has 0 aromatic rings. The van der Waals surface area contributed by atoms with Gasteiger partial charge in [0.25, 0.3) is 0 Å². The van der Waals surface area contributed by atoms with Crippen LogP contribution in [0.4, 0.5) is 0 Å². The summed E-state index contributed by atoms with van der Waals surface area (Å²) in [6.07, 6.45) is 1.46. The van der Waals surface area contributed by atoms with Crippen molar-refractivity contribution >= 4 is 5.97 Å². The number of carbonyl (C=O) groups is 1. The van der Waals surface area contributed by atoms with Gasteiger partial charge in [-0.1, -0.05) is 34.6 Å². The van der Waals surface area contributed by atoms with Gasteiger partial charge in [0, 0.05) is 6.42 Å². The van der Waals surface area contributed by atoms with Gasteiger partial charge in [-0.25, -0.2) is 0 Å². The van der Waals surface area contributed by atoms with Crippen LogP contribution in [0.2, 0.25) is 0 Å². The van der Waals surface area contributed by atoms with Crippen LogP contribution >= 0.6 is 0 Å². The molecule has 16 heavy (non-hydrogen) atoms. The minimum atomic E-state index is -0.349. The van der Waals surface area contributed by atoms with Crippen LogP contribution < -0.4 is 0 Å². The lowest BCUT2D eigenvalue weighted by atomic mass is 9.92. The molecule has 0 spiro atoms. The first-order valence-electron chi connectivity index (χ1n) is 6.38. The Labute approximate surface area is 101 Å². The number of carbonyl (C=O) groups excluding carboxylic acids is 1. The van der Waals surface area contributed by atoms with Crippen molar-refractivity contribution in [1.29, 1.82) is 0 Å². The molecule has 2 heteroatoms. The van der Waals surface area contributed by atoms with Gasteiger partial charge in [-0.3, -0.25) is 4.79 Å². The zero-order valence-electron chi connectivity index (χ0n) is 12.0. The summed E-state index contributed by atoms with van der Waals surface area (Å²) >= 11 is 0. The molecule has 0 saturated carbocycles. The number of ether oxygens (including phenoxy) is 1. The molecule has 0 N–H and O–H groups in total. The summed E-state index contributed by atoms with van der Waals surface area (Å²) in [5.41, 5.74) is -0.349. The summed E-state index contributed by atoms with van der Waals surface area (Å²) in [5.74, 6) is 1.49. The molecule has 0 aliphatic rings. The normalized spacial score (nSPS) is 14.3. The van der Waals surface area contributed by atoms with Crippen molar-refractivity contribution in [3.8, 4) is 0 Å². The third-order valence-corrected chi connectivity index (χ3v) is 3.71. The highest BCUT2D eigenvalue weighted by atomic mass is 16.6. The average Bonchev–Trinajstić information content (AvgIpc) is 2.12. The summed E-state index contributed by atoms with van der Waals surface area (Å²) < 4.78 is 5.49. The van der Waals surface area contributed by atoms with Gasteiger partial charge in [-0.2, -0.15) is 0 Å². The molecule has 0 aliphatic heterocycles. The predicted molar refractivity (Wildman–Crippen MR) is 68.2 cm³/mol. The number of rotatable bonds is 6. The van der Waals surface area contributed by atoms with Crippen LogP contribution in [0, 0.1) is 17.8 Å². The molecule has 2 nitrogen and oxygen atoms in total. The standard InChI is InChI=1S/C14H28O2/c1-10(2)12(5)8-9-13(15)16-14(6,7)11(3)4/h10-12H,8-9H2,1-7H3. The second-order valence-electron chi connectivity index (χ2n) is 5.99. The van der Waals surface area contributed by atoms with Crippen LogP contribution in [0.5, 0.6) is 0 Å². The SMILES string of the molecule is CC(C)C(C)CCC(=O)OC(C)(C)C(C)C. The van der Waals surface area contributed by atoms with Crippen molar-refractivity contribution in [2.45, 2.75) is 66.9 Å². The third-order valence-electron chi connectivity index (χ3n) is 3.71. The molecule has 1 unspecified atom stereocenters. The predicted octanol–water partition coefficient (Wildman–Crippen LogP) is 4.04. The Balaban J connectivity index is 4.01. The van der Waals surface area contributed by atoms with Gasteiger partial charge in [0.05, 0.1) is 0 Å². The van der Waals surface area contributed by atoms with E-state index in [1.165, 1.54) is 0 Å². The van der Waals surface area contributed by atoms with E-state index in [0.717, 1.165) is 6.42 Å². The maximum absolute atomic E-state index is 11.7. The third kappa shape index (κ3) is 5.53. The van der Waals surface area contributed by atoms with Crippen LogP contribution in [0.15, 0.2) is 0 Å². The minimum Gasteiger partial charge on any atom is -0.459 e. The zero-order chi connectivity index (χ0) is 12.9. The molecule has 0 bridgehead atoms. The molecule has 0 saturated heterocycles. The Morgan fingerprint density at radius 3 is 2.00 bits per heavy atom. The van der Waals surface area contributed by atoms with Crippen molar-refractivity contribution in [2.75, 3.05) is 0 Å². The Kier molecular flexibility index (Phi) is 6.06. The van der Waals surface area contributed by atoms with E-state index in [1.807, 2.05) is 13.8 Å². The van der Waals surface area contributed by atoms with Gasteiger partial charge >= 0.3 is 5.97 Å². The van der Waals surface area contributed by atoms with Crippen LogP contribution in [-0.4, -0.2) is 11.6 Å². The van der Waals surface area contributed by atoms with E-state index >= 15 is 0 Å². The molecule has 0 aliphatic carbocycles. The fourth-order valence-corrected chi connectivity index (χ4v) is 1.14. The van der Waals surface area contributed by atoms with E-state index in [9.17, 15) is 4.79 Å². The minimum absolute atomic E-state index is 0.0637. The van der Waals surface area contributed by atoms with E-state index in [2.05, 4.69) is 34.6 Å². The van der Waals surface area contributed by atoms with Crippen LogP contribution in [0.25, 0.3) is 0 Å². The molecule has 0 aromatic heterocycles. The number of hydrogen-bond acceptors (Lipinski definition) is 2. The largest absolute Gasteiger partial charge is 0.459 e. The fraction of sp³-hybridized carbons (Fsp3) is 0.929. The van der Waals surface area contributed by atoms with Crippen molar-refractivity contribution in [1.82, 2.24) is 0 Å². The first kappa shape index (κ1) is 15.5. The summed E-state index contributed by atoms with van der Waals surface area (Å²) in [6, 6.07) is 0. The molecule has 0 radical (unpaired) electrons. The molecule has 0 heterocycles. The van der Waals surface area contributed by atoms with E-state index in [-0.39, 0.29) is 11.6 Å².